The molecule has 2 aromatic heterocycles. The monoisotopic (exact) mass is 250 g/mol. The Morgan fingerprint density at radius 2 is 2.22 bits per heavy atom. The third-order valence-electron chi connectivity index (χ3n) is 2.64. The minimum atomic E-state index is -0.653. The number of rotatable bonds is 4. The fourth-order valence-electron chi connectivity index (χ4n) is 1.69. The van der Waals surface area contributed by atoms with E-state index in [9.17, 15) is 4.39 Å². The highest BCUT2D eigenvalue weighted by Crippen LogP contribution is 2.23. The summed E-state index contributed by atoms with van der Waals surface area (Å²) in [6.07, 6.45) is 2.77. The van der Waals surface area contributed by atoms with Gasteiger partial charge in [-0.3, -0.25) is 0 Å². The van der Waals surface area contributed by atoms with Crippen molar-refractivity contribution in [2.75, 3.05) is 0 Å². The Kier molecular flexibility index (Phi) is 3.38. The van der Waals surface area contributed by atoms with Gasteiger partial charge in [-0.1, -0.05) is 18.5 Å². The van der Waals surface area contributed by atoms with Crippen molar-refractivity contribution in [1.82, 2.24) is 15.1 Å². The summed E-state index contributed by atoms with van der Waals surface area (Å²) in [5.74, 6) is 0.278. The molecular weight excluding hydrogens is 235 g/mol. The van der Waals surface area contributed by atoms with E-state index >= 15 is 0 Å². The zero-order valence-electron chi connectivity index (χ0n) is 10.4. The number of hydrogen-bond donors (Lipinski definition) is 1. The van der Waals surface area contributed by atoms with Gasteiger partial charge in [-0.05, 0) is 25.5 Å². The highest BCUT2D eigenvalue weighted by Gasteiger charge is 2.27. The molecule has 0 bridgehead atoms. The summed E-state index contributed by atoms with van der Waals surface area (Å²) in [7, 11) is 0. The minimum Gasteiger partial charge on any atom is -0.337 e. The van der Waals surface area contributed by atoms with Crippen molar-refractivity contribution < 1.29 is 8.91 Å². The summed E-state index contributed by atoms with van der Waals surface area (Å²) < 4.78 is 17.9. The maximum atomic E-state index is 12.8. The first-order chi connectivity index (χ1) is 8.53. The molecule has 0 radical (unpaired) electrons. The molecule has 2 aromatic rings. The van der Waals surface area contributed by atoms with Crippen molar-refractivity contribution in [2.24, 2.45) is 5.73 Å². The van der Waals surface area contributed by atoms with Gasteiger partial charge in [0.15, 0.2) is 0 Å². The van der Waals surface area contributed by atoms with E-state index in [-0.39, 0.29) is 0 Å². The third kappa shape index (κ3) is 2.53. The van der Waals surface area contributed by atoms with E-state index < -0.39 is 11.4 Å². The number of halogens is 1. The molecule has 0 saturated carbocycles. The standard InChI is InChI=1S/C12H15FN4O/c1-3-6-12(2,14)11-16-10(17-18-11)9-5-4-8(13)7-15-9/h4-5,7H,3,6,14H2,1-2H3. The summed E-state index contributed by atoms with van der Waals surface area (Å²) in [6.45, 7) is 3.87. The molecule has 5 nitrogen and oxygen atoms in total. The van der Waals surface area contributed by atoms with E-state index in [0.29, 0.717) is 17.4 Å². The fourth-order valence-corrected chi connectivity index (χ4v) is 1.69. The molecule has 96 valence electrons. The van der Waals surface area contributed by atoms with Crippen molar-refractivity contribution >= 4 is 0 Å². The van der Waals surface area contributed by atoms with Gasteiger partial charge in [0.2, 0.25) is 11.7 Å². The second-order valence-electron chi connectivity index (χ2n) is 4.45. The molecule has 6 heteroatoms. The maximum absolute atomic E-state index is 12.8. The Morgan fingerprint density at radius 1 is 1.44 bits per heavy atom. The van der Waals surface area contributed by atoms with Crippen molar-refractivity contribution in [2.45, 2.75) is 32.2 Å². The highest BCUT2D eigenvalue weighted by atomic mass is 19.1. The van der Waals surface area contributed by atoms with E-state index in [1.165, 1.54) is 12.1 Å². The summed E-state index contributed by atoms with van der Waals surface area (Å²) in [5.41, 5.74) is 5.89. The predicted molar refractivity (Wildman–Crippen MR) is 63.9 cm³/mol. The van der Waals surface area contributed by atoms with Gasteiger partial charge in [-0.25, -0.2) is 9.37 Å². The molecule has 0 saturated heterocycles. The van der Waals surface area contributed by atoms with Gasteiger partial charge >= 0.3 is 0 Å². The number of nitrogens with zero attached hydrogens (tertiary/aromatic N) is 3. The van der Waals surface area contributed by atoms with Gasteiger partial charge in [0.1, 0.15) is 11.5 Å². The van der Waals surface area contributed by atoms with Crippen molar-refractivity contribution in [1.29, 1.82) is 0 Å². The average Bonchev–Trinajstić information content (AvgIpc) is 2.80. The van der Waals surface area contributed by atoms with Crippen LogP contribution in [0.5, 0.6) is 0 Å². The first-order valence-electron chi connectivity index (χ1n) is 5.78. The van der Waals surface area contributed by atoms with Gasteiger partial charge in [0.05, 0.1) is 11.7 Å². The Labute approximate surface area is 104 Å². The molecule has 0 fully saturated rings. The summed E-state index contributed by atoms with van der Waals surface area (Å²) >= 11 is 0. The van der Waals surface area contributed by atoms with Crippen LogP contribution in [0.25, 0.3) is 11.5 Å². The van der Waals surface area contributed by atoms with E-state index in [2.05, 4.69) is 15.1 Å². The fraction of sp³-hybridized carbons (Fsp3) is 0.417. The Morgan fingerprint density at radius 3 is 2.83 bits per heavy atom. The lowest BCUT2D eigenvalue weighted by atomic mass is 9.98. The van der Waals surface area contributed by atoms with Crippen molar-refractivity contribution in [3.05, 3.63) is 30.0 Å². The third-order valence-corrected chi connectivity index (χ3v) is 2.64. The molecule has 2 heterocycles. The lowest BCUT2D eigenvalue weighted by Crippen LogP contribution is -2.33. The summed E-state index contributed by atoms with van der Waals surface area (Å²) in [4.78, 5) is 8.10. The van der Waals surface area contributed by atoms with Crippen LogP contribution < -0.4 is 5.73 Å². The molecule has 0 aliphatic carbocycles. The molecule has 1 atom stereocenters. The van der Waals surface area contributed by atoms with Gasteiger partial charge in [-0.2, -0.15) is 4.98 Å². The van der Waals surface area contributed by atoms with Crippen molar-refractivity contribution in [3.8, 4) is 11.5 Å². The van der Waals surface area contributed by atoms with E-state index in [4.69, 9.17) is 10.3 Å². The highest BCUT2D eigenvalue weighted by molar-refractivity contribution is 5.47. The lowest BCUT2D eigenvalue weighted by Gasteiger charge is -2.18. The molecule has 1 unspecified atom stereocenters. The number of hydrogen-bond acceptors (Lipinski definition) is 5. The minimum absolute atomic E-state index is 0.317. The van der Waals surface area contributed by atoms with Crippen LogP contribution in [0.2, 0.25) is 0 Å². The smallest absolute Gasteiger partial charge is 0.246 e. The van der Waals surface area contributed by atoms with Gasteiger partial charge in [0, 0.05) is 0 Å². The molecule has 0 aromatic carbocycles. The SMILES string of the molecule is CCCC(C)(N)c1nc(-c2ccc(F)cn2)no1. The molecular formula is C12H15FN4O. The molecule has 2 rings (SSSR count). The van der Waals surface area contributed by atoms with Crippen LogP contribution >= 0.6 is 0 Å². The van der Waals surface area contributed by atoms with Crippen LogP contribution in [-0.4, -0.2) is 15.1 Å². The van der Waals surface area contributed by atoms with Crippen LogP contribution in [0.3, 0.4) is 0 Å². The van der Waals surface area contributed by atoms with E-state index in [1.54, 1.807) is 0 Å². The largest absolute Gasteiger partial charge is 0.337 e. The molecule has 0 amide bonds. The Balaban J connectivity index is 2.28. The quantitative estimate of drug-likeness (QED) is 0.900. The van der Waals surface area contributed by atoms with Crippen LogP contribution in [0, 0.1) is 5.82 Å². The van der Waals surface area contributed by atoms with E-state index in [0.717, 1.165) is 19.0 Å². The van der Waals surface area contributed by atoms with Gasteiger partial charge in [0.25, 0.3) is 0 Å². The number of pyridine rings is 1. The lowest BCUT2D eigenvalue weighted by molar-refractivity contribution is 0.284. The molecule has 0 aliphatic rings. The molecule has 2 N–H and O–H groups in total. The van der Waals surface area contributed by atoms with E-state index in [1.807, 2.05) is 13.8 Å². The molecule has 18 heavy (non-hydrogen) atoms. The zero-order valence-corrected chi connectivity index (χ0v) is 10.4. The van der Waals surface area contributed by atoms with Gasteiger partial charge in [-0.15, -0.1) is 0 Å². The Hall–Kier alpha value is -1.82. The van der Waals surface area contributed by atoms with Gasteiger partial charge < -0.3 is 10.3 Å². The van der Waals surface area contributed by atoms with Crippen LogP contribution in [0.4, 0.5) is 4.39 Å². The normalized spacial score (nSPS) is 14.4. The molecule has 0 aliphatic heterocycles. The second-order valence-corrected chi connectivity index (χ2v) is 4.45. The number of aromatic nitrogens is 3. The number of nitrogens with two attached hydrogens (primary N) is 1. The Bertz CT molecular complexity index is 521. The van der Waals surface area contributed by atoms with Crippen LogP contribution in [0.1, 0.15) is 32.6 Å². The van der Waals surface area contributed by atoms with Crippen LogP contribution in [-0.2, 0) is 5.54 Å². The predicted octanol–water partition coefficient (Wildman–Crippen LogP) is 2.24. The summed E-state index contributed by atoms with van der Waals surface area (Å²) in [5, 5.41) is 3.81. The summed E-state index contributed by atoms with van der Waals surface area (Å²) in [6, 6.07) is 2.80. The molecule has 0 spiro atoms. The maximum Gasteiger partial charge on any atom is 0.246 e. The second kappa shape index (κ2) is 4.81. The van der Waals surface area contributed by atoms with Crippen LogP contribution in [0.15, 0.2) is 22.9 Å². The zero-order chi connectivity index (χ0) is 13.2. The van der Waals surface area contributed by atoms with Crippen molar-refractivity contribution in [3.63, 3.8) is 0 Å². The first-order valence-corrected chi connectivity index (χ1v) is 5.78. The topological polar surface area (TPSA) is 77.8 Å². The average molecular weight is 250 g/mol. The first kappa shape index (κ1) is 12.6.